The highest BCUT2D eigenvalue weighted by Gasteiger charge is 2.27. The lowest BCUT2D eigenvalue weighted by Crippen LogP contribution is -2.39. The number of nitrogens with zero attached hydrogens (tertiary/aromatic N) is 2. The third-order valence-electron chi connectivity index (χ3n) is 5.10. The second-order valence-electron chi connectivity index (χ2n) is 7.01. The van der Waals surface area contributed by atoms with E-state index in [1.807, 2.05) is 23.1 Å². The van der Waals surface area contributed by atoms with Crippen molar-refractivity contribution in [2.45, 2.75) is 25.4 Å². The Morgan fingerprint density at radius 3 is 2.79 bits per heavy atom. The Kier molecular flexibility index (Phi) is 5.37. The minimum atomic E-state index is -0.281. The Balaban J connectivity index is 1.47. The van der Waals surface area contributed by atoms with Gasteiger partial charge in [-0.1, -0.05) is 24.3 Å². The number of benzene rings is 2. The molecule has 28 heavy (non-hydrogen) atoms. The number of carbonyl (C=O) groups excluding carboxylic acids is 1. The van der Waals surface area contributed by atoms with Gasteiger partial charge in [0, 0.05) is 30.9 Å². The Hall–Kier alpha value is -3.15. The van der Waals surface area contributed by atoms with Crippen molar-refractivity contribution in [2.24, 2.45) is 0 Å². The predicted octanol–water partition coefficient (Wildman–Crippen LogP) is 4.15. The van der Waals surface area contributed by atoms with Gasteiger partial charge >= 0.3 is 0 Å². The van der Waals surface area contributed by atoms with E-state index in [1.54, 1.807) is 30.5 Å². The van der Waals surface area contributed by atoms with E-state index in [9.17, 15) is 9.18 Å². The molecule has 5 nitrogen and oxygen atoms in total. The lowest BCUT2D eigenvalue weighted by molar-refractivity contribution is 0.0701. The SMILES string of the molecule is O=C(c1ccccc1OCc1ccc(F)cc1)N1CCCC(c2ccn[nH]2)C1. The summed E-state index contributed by atoms with van der Waals surface area (Å²) in [6.45, 7) is 1.67. The first kappa shape index (κ1) is 18.2. The monoisotopic (exact) mass is 379 g/mol. The molecule has 2 heterocycles. The zero-order valence-corrected chi connectivity index (χ0v) is 15.5. The molecule has 3 aromatic rings. The topological polar surface area (TPSA) is 58.2 Å². The number of para-hydroxylation sites is 1. The number of likely N-dealkylation sites (tertiary alicyclic amines) is 1. The van der Waals surface area contributed by atoms with E-state index in [2.05, 4.69) is 10.2 Å². The average Bonchev–Trinajstić information content (AvgIpc) is 3.28. The number of aromatic nitrogens is 2. The summed E-state index contributed by atoms with van der Waals surface area (Å²) in [4.78, 5) is 15.0. The first-order valence-corrected chi connectivity index (χ1v) is 9.45. The molecule has 1 aromatic heterocycles. The molecule has 4 rings (SSSR count). The summed E-state index contributed by atoms with van der Waals surface area (Å²) in [5.74, 6) is 0.503. The van der Waals surface area contributed by atoms with Gasteiger partial charge in [-0.2, -0.15) is 5.10 Å². The second-order valence-corrected chi connectivity index (χ2v) is 7.01. The number of ether oxygens (including phenoxy) is 1. The zero-order valence-electron chi connectivity index (χ0n) is 15.5. The molecule has 1 saturated heterocycles. The first-order chi connectivity index (χ1) is 13.7. The van der Waals surface area contributed by atoms with E-state index < -0.39 is 0 Å². The van der Waals surface area contributed by atoms with Crippen LogP contribution < -0.4 is 4.74 Å². The van der Waals surface area contributed by atoms with E-state index >= 15 is 0 Å². The van der Waals surface area contributed by atoms with E-state index in [-0.39, 0.29) is 24.2 Å². The Labute approximate surface area is 163 Å². The molecule has 144 valence electrons. The molecule has 2 aromatic carbocycles. The summed E-state index contributed by atoms with van der Waals surface area (Å²) < 4.78 is 19.0. The van der Waals surface area contributed by atoms with Gasteiger partial charge in [0.05, 0.1) is 5.56 Å². The fourth-order valence-corrected chi connectivity index (χ4v) is 3.59. The van der Waals surface area contributed by atoms with Gasteiger partial charge in [-0.3, -0.25) is 9.89 Å². The second kappa shape index (κ2) is 8.25. The molecular formula is C22H22FN3O2. The fourth-order valence-electron chi connectivity index (χ4n) is 3.59. The van der Waals surface area contributed by atoms with Crippen molar-refractivity contribution in [3.63, 3.8) is 0 Å². The normalized spacial score (nSPS) is 16.8. The molecular weight excluding hydrogens is 357 g/mol. The molecule has 0 aliphatic carbocycles. The number of hydrogen-bond acceptors (Lipinski definition) is 3. The van der Waals surface area contributed by atoms with E-state index in [0.717, 1.165) is 30.6 Å². The van der Waals surface area contributed by atoms with E-state index in [0.29, 0.717) is 17.9 Å². The molecule has 6 heteroatoms. The lowest BCUT2D eigenvalue weighted by Gasteiger charge is -2.32. The van der Waals surface area contributed by atoms with Gasteiger partial charge in [0.25, 0.3) is 5.91 Å². The number of amides is 1. The van der Waals surface area contributed by atoms with Gasteiger partial charge in [0.2, 0.25) is 0 Å². The fraction of sp³-hybridized carbons (Fsp3) is 0.273. The van der Waals surface area contributed by atoms with Gasteiger partial charge in [-0.15, -0.1) is 0 Å². The number of piperidine rings is 1. The van der Waals surface area contributed by atoms with Crippen LogP contribution in [-0.2, 0) is 6.61 Å². The lowest BCUT2D eigenvalue weighted by atomic mass is 9.94. The van der Waals surface area contributed by atoms with Crippen LogP contribution in [0.1, 0.15) is 40.4 Å². The molecule has 0 radical (unpaired) electrons. The summed E-state index contributed by atoms with van der Waals surface area (Å²) in [6, 6.07) is 15.4. The van der Waals surface area contributed by atoms with Gasteiger partial charge in [-0.05, 0) is 48.7 Å². The number of carbonyl (C=O) groups is 1. The zero-order chi connectivity index (χ0) is 19.3. The van der Waals surface area contributed by atoms with Crippen molar-refractivity contribution in [2.75, 3.05) is 13.1 Å². The number of rotatable bonds is 5. The summed E-state index contributed by atoms with van der Waals surface area (Å²) in [7, 11) is 0. The van der Waals surface area contributed by atoms with E-state index in [4.69, 9.17) is 4.74 Å². The summed E-state index contributed by atoms with van der Waals surface area (Å²) >= 11 is 0. The summed E-state index contributed by atoms with van der Waals surface area (Å²) in [5.41, 5.74) is 2.47. The largest absolute Gasteiger partial charge is 0.488 e. The standard InChI is InChI=1S/C22H22FN3O2/c23-18-9-7-16(8-10-18)15-28-21-6-2-1-5-19(21)22(27)26-13-3-4-17(14-26)20-11-12-24-25-20/h1-2,5-12,17H,3-4,13-15H2,(H,24,25). The van der Waals surface area contributed by atoms with Crippen LogP contribution in [0.15, 0.2) is 60.8 Å². The highest BCUT2D eigenvalue weighted by molar-refractivity contribution is 5.97. The van der Waals surface area contributed by atoms with Crippen LogP contribution in [0.2, 0.25) is 0 Å². The van der Waals surface area contributed by atoms with Crippen molar-refractivity contribution in [1.82, 2.24) is 15.1 Å². The molecule has 0 spiro atoms. The molecule has 0 saturated carbocycles. The molecule has 1 amide bonds. The Bertz CT molecular complexity index is 925. The molecule has 1 unspecified atom stereocenters. The minimum Gasteiger partial charge on any atom is -0.488 e. The average molecular weight is 379 g/mol. The van der Waals surface area contributed by atoms with Gasteiger partial charge in [0.1, 0.15) is 18.2 Å². The van der Waals surface area contributed by atoms with Crippen molar-refractivity contribution in [3.05, 3.63) is 83.4 Å². The number of nitrogens with one attached hydrogen (secondary N) is 1. The predicted molar refractivity (Wildman–Crippen MR) is 104 cm³/mol. The Morgan fingerprint density at radius 1 is 1.18 bits per heavy atom. The van der Waals surface area contributed by atoms with Crippen LogP contribution in [0.3, 0.4) is 0 Å². The molecule has 1 aliphatic heterocycles. The summed E-state index contributed by atoms with van der Waals surface area (Å²) in [6.07, 6.45) is 3.73. The molecule has 1 atom stereocenters. The maximum atomic E-state index is 13.2. The van der Waals surface area contributed by atoms with Crippen molar-refractivity contribution in [1.29, 1.82) is 0 Å². The third kappa shape index (κ3) is 4.06. The van der Waals surface area contributed by atoms with Gasteiger partial charge in [-0.25, -0.2) is 4.39 Å². The van der Waals surface area contributed by atoms with Crippen LogP contribution in [0.25, 0.3) is 0 Å². The molecule has 0 bridgehead atoms. The van der Waals surface area contributed by atoms with Crippen LogP contribution in [0, 0.1) is 5.82 Å². The quantitative estimate of drug-likeness (QED) is 0.725. The van der Waals surface area contributed by atoms with Crippen molar-refractivity contribution in [3.8, 4) is 5.75 Å². The number of H-pyrrole nitrogens is 1. The van der Waals surface area contributed by atoms with Crippen LogP contribution in [0.5, 0.6) is 5.75 Å². The van der Waals surface area contributed by atoms with Crippen LogP contribution in [-0.4, -0.2) is 34.1 Å². The van der Waals surface area contributed by atoms with Crippen molar-refractivity contribution >= 4 is 5.91 Å². The minimum absolute atomic E-state index is 0.0288. The van der Waals surface area contributed by atoms with Crippen LogP contribution >= 0.6 is 0 Å². The Morgan fingerprint density at radius 2 is 2.00 bits per heavy atom. The van der Waals surface area contributed by atoms with Gasteiger partial charge < -0.3 is 9.64 Å². The number of halogens is 1. The van der Waals surface area contributed by atoms with Crippen LogP contribution in [0.4, 0.5) is 4.39 Å². The third-order valence-corrected chi connectivity index (χ3v) is 5.10. The number of aromatic amines is 1. The highest BCUT2D eigenvalue weighted by Crippen LogP contribution is 2.28. The highest BCUT2D eigenvalue weighted by atomic mass is 19.1. The number of hydrogen-bond donors (Lipinski definition) is 1. The molecule has 1 aliphatic rings. The van der Waals surface area contributed by atoms with Crippen molar-refractivity contribution < 1.29 is 13.9 Å². The molecule has 1 fully saturated rings. The van der Waals surface area contributed by atoms with E-state index in [1.165, 1.54) is 12.1 Å². The maximum Gasteiger partial charge on any atom is 0.257 e. The first-order valence-electron chi connectivity index (χ1n) is 9.45. The van der Waals surface area contributed by atoms with Gasteiger partial charge in [0.15, 0.2) is 0 Å². The smallest absolute Gasteiger partial charge is 0.257 e. The maximum absolute atomic E-state index is 13.2. The summed E-state index contributed by atoms with van der Waals surface area (Å²) in [5, 5.41) is 7.05. The molecule has 1 N–H and O–H groups in total.